The van der Waals surface area contributed by atoms with Crippen molar-refractivity contribution >= 4 is 23.5 Å². The Hall–Kier alpha value is -2.34. The number of nitrogens with zero attached hydrogens (tertiary/aromatic N) is 1. The van der Waals surface area contributed by atoms with Crippen LogP contribution in [-0.2, 0) is 16.0 Å². The molecule has 1 saturated carbocycles. The van der Waals surface area contributed by atoms with Gasteiger partial charge in [-0.1, -0.05) is 43.0 Å². The van der Waals surface area contributed by atoms with Crippen molar-refractivity contribution in [2.75, 3.05) is 0 Å². The molecule has 1 aliphatic carbocycles. The maximum Gasteiger partial charge on any atom is 0.329 e. The Balaban J connectivity index is 1.60. The number of carboxylic acid groups (broad SMARTS) is 1. The zero-order valence-corrected chi connectivity index (χ0v) is 15.1. The minimum Gasteiger partial charge on any atom is -0.480 e. The van der Waals surface area contributed by atoms with Crippen LogP contribution in [-0.4, -0.2) is 27.5 Å². The quantitative estimate of drug-likeness (QED) is 0.799. The number of carboxylic acids is 1. The largest absolute Gasteiger partial charge is 0.480 e. The van der Waals surface area contributed by atoms with E-state index in [1.54, 1.807) is 12.3 Å². The van der Waals surface area contributed by atoms with Crippen molar-refractivity contribution in [3.8, 4) is 11.3 Å². The first kappa shape index (κ1) is 18.5. The number of aromatic nitrogens is 1. The third-order valence-electron chi connectivity index (χ3n) is 4.75. The zero-order valence-electron chi connectivity index (χ0n) is 14.3. The summed E-state index contributed by atoms with van der Waals surface area (Å²) in [4.78, 5) is 28.1. The van der Waals surface area contributed by atoms with Crippen molar-refractivity contribution < 1.29 is 19.1 Å². The molecular weight excluding hydrogens is 356 g/mol. The van der Waals surface area contributed by atoms with Gasteiger partial charge >= 0.3 is 5.97 Å². The number of carbonyl (C=O) groups excluding carboxylic acids is 1. The van der Waals surface area contributed by atoms with Crippen LogP contribution in [0, 0.1) is 0 Å². The molecule has 1 aromatic carbocycles. The molecule has 0 radical (unpaired) electrons. The Morgan fingerprint density at radius 1 is 1.23 bits per heavy atom. The molecule has 0 spiro atoms. The number of amides is 1. The van der Waals surface area contributed by atoms with Gasteiger partial charge in [0.05, 0.1) is 11.2 Å². The van der Waals surface area contributed by atoms with Crippen LogP contribution in [0.5, 0.6) is 0 Å². The van der Waals surface area contributed by atoms with Gasteiger partial charge in [-0.15, -0.1) is 0 Å². The van der Waals surface area contributed by atoms with Gasteiger partial charge in [-0.05, 0) is 25.0 Å². The van der Waals surface area contributed by atoms with E-state index in [4.69, 9.17) is 16.0 Å². The van der Waals surface area contributed by atoms with Crippen molar-refractivity contribution in [1.82, 2.24) is 10.3 Å². The van der Waals surface area contributed by atoms with Crippen LogP contribution in [0.1, 0.15) is 44.4 Å². The number of hydrogen-bond acceptors (Lipinski definition) is 4. The van der Waals surface area contributed by atoms with Crippen LogP contribution < -0.4 is 5.32 Å². The van der Waals surface area contributed by atoms with Crippen molar-refractivity contribution in [3.63, 3.8) is 0 Å². The number of carbonyl (C=O) groups is 2. The SMILES string of the molecule is O=C(CCc1ncc(-c2ccccc2Cl)o1)NC1(C(=O)O)CCCCC1. The predicted octanol–water partition coefficient (Wildman–Crippen LogP) is 3.83. The molecule has 0 unspecified atom stereocenters. The Morgan fingerprint density at radius 3 is 2.65 bits per heavy atom. The summed E-state index contributed by atoms with van der Waals surface area (Å²) in [6.45, 7) is 0. The molecule has 3 rings (SSSR count). The summed E-state index contributed by atoms with van der Waals surface area (Å²) in [6.07, 6.45) is 5.58. The Bertz CT molecular complexity index is 796. The number of aliphatic carboxylic acids is 1. The molecule has 1 heterocycles. The molecule has 26 heavy (non-hydrogen) atoms. The molecule has 1 amide bonds. The van der Waals surface area contributed by atoms with Crippen molar-refractivity contribution in [1.29, 1.82) is 0 Å². The zero-order chi connectivity index (χ0) is 18.6. The van der Waals surface area contributed by atoms with Crippen LogP contribution in [0.25, 0.3) is 11.3 Å². The lowest BCUT2D eigenvalue weighted by Gasteiger charge is -2.33. The van der Waals surface area contributed by atoms with Gasteiger partial charge in [0.25, 0.3) is 0 Å². The first-order valence-electron chi connectivity index (χ1n) is 8.74. The lowest BCUT2D eigenvalue weighted by molar-refractivity contribution is -0.149. The number of hydrogen-bond donors (Lipinski definition) is 2. The lowest BCUT2D eigenvalue weighted by atomic mass is 9.81. The summed E-state index contributed by atoms with van der Waals surface area (Å²) in [5.74, 6) is -0.294. The van der Waals surface area contributed by atoms with E-state index < -0.39 is 11.5 Å². The molecule has 138 valence electrons. The Kier molecular flexibility index (Phi) is 5.61. The van der Waals surface area contributed by atoms with Gasteiger partial charge in [0, 0.05) is 18.4 Å². The maximum absolute atomic E-state index is 12.3. The molecule has 0 bridgehead atoms. The van der Waals surface area contributed by atoms with Gasteiger partial charge in [0.1, 0.15) is 5.54 Å². The highest BCUT2D eigenvalue weighted by Crippen LogP contribution is 2.29. The summed E-state index contributed by atoms with van der Waals surface area (Å²) in [5, 5.41) is 12.8. The standard InChI is InChI=1S/C19H21ClN2O4/c20-14-7-3-2-6-13(14)15-12-21-17(26-15)9-8-16(23)22-19(18(24)25)10-4-1-5-11-19/h2-3,6-7,12H,1,4-5,8-11H2,(H,22,23)(H,24,25). The first-order valence-corrected chi connectivity index (χ1v) is 9.12. The van der Waals surface area contributed by atoms with Gasteiger partial charge in [-0.2, -0.15) is 0 Å². The van der Waals surface area contributed by atoms with Crippen LogP contribution in [0.2, 0.25) is 5.02 Å². The second-order valence-electron chi connectivity index (χ2n) is 6.59. The van der Waals surface area contributed by atoms with E-state index >= 15 is 0 Å². The van der Waals surface area contributed by atoms with Crippen LogP contribution in [0.3, 0.4) is 0 Å². The number of nitrogens with one attached hydrogen (secondary N) is 1. The predicted molar refractivity (Wildman–Crippen MR) is 96.9 cm³/mol. The highest BCUT2D eigenvalue weighted by atomic mass is 35.5. The highest BCUT2D eigenvalue weighted by molar-refractivity contribution is 6.33. The van der Waals surface area contributed by atoms with Gasteiger partial charge in [-0.25, -0.2) is 9.78 Å². The molecule has 1 aliphatic rings. The van der Waals surface area contributed by atoms with Crippen molar-refractivity contribution in [2.24, 2.45) is 0 Å². The highest BCUT2D eigenvalue weighted by Gasteiger charge is 2.40. The van der Waals surface area contributed by atoms with Gasteiger partial charge < -0.3 is 14.8 Å². The van der Waals surface area contributed by atoms with E-state index in [1.165, 1.54) is 0 Å². The maximum atomic E-state index is 12.3. The fourth-order valence-electron chi connectivity index (χ4n) is 3.31. The molecular formula is C19H21ClN2O4. The molecule has 6 nitrogen and oxygen atoms in total. The summed E-state index contributed by atoms with van der Waals surface area (Å²) in [7, 11) is 0. The van der Waals surface area contributed by atoms with Gasteiger partial charge in [-0.3, -0.25) is 4.79 Å². The summed E-state index contributed by atoms with van der Waals surface area (Å²) >= 11 is 6.14. The average molecular weight is 377 g/mol. The summed E-state index contributed by atoms with van der Waals surface area (Å²) in [6, 6.07) is 7.28. The topological polar surface area (TPSA) is 92.4 Å². The third-order valence-corrected chi connectivity index (χ3v) is 5.08. The van der Waals surface area contributed by atoms with E-state index in [0.717, 1.165) is 24.8 Å². The third kappa shape index (κ3) is 4.07. The Morgan fingerprint density at radius 2 is 1.96 bits per heavy atom. The van der Waals surface area contributed by atoms with Crippen molar-refractivity contribution in [3.05, 3.63) is 41.4 Å². The van der Waals surface area contributed by atoms with Crippen LogP contribution in [0.15, 0.2) is 34.9 Å². The molecule has 0 atom stereocenters. The molecule has 1 fully saturated rings. The molecule has 2 aromatic rings. The smallest absolute Gasteiger partial charge is 0.329 e. The number of aryl methyl sites for hydroxylation is 1. The fourth-order valence-corrected chi connectivity index (χ4v) is 3.54. The summed E-state index contributed by atoms with van der Waals surface area (Å²) in [5.41, 5.74) is -0.390. The van der Waals surface area contributed by atoms with Gasteiger partial charge in [0.15, 0.2) is 11.7 Å². The number of benzene rings is 1. The monoisotopic (exact) mass is 376 g/mol. The molecule has 0 saturated heterocycles. The lowest BCUT2D eigenvalue weighted by Crippen LogP contribution is -2.55. The van der Waals surface area contributed by atoms with E-state index in [0.29, 0.717) is 35.9 Å². The molecule has 1 aromatic heterocycles. The second kappa shape index (κ2) is 7.91. The van der Waals surface area contributed by atoms with Crippen LogP contribution in [0.4, 0.5) is 0 Å². The second-order valence-corrected chi connectivity index (χ2v) is 7.00. The number of oxazole rings is 1. The van der Waals surface area contributed by atoms with E-state index in [9.17, 15) is 14.7 Å². The molecule has 0 aliphatic heterocycles. The van der Waals surface area contributed by atoms with E-state index in [-0.39, 0.29) is 12.3 Å². The minimum absolute atomic E-state index is 0.123. The number of rotatable bonds is 6. The molecule has 2 N–H and O–H groups in total. The van der Waals surface area contributed by atoms with Crippen LogP contribution >= 0.6 is 11.6 Å². The average Bonchev–Trinajstić information content (AvgIpc) is 3.10. The van der Waals surface area contributed by atoms with Crippen molar-refractivity contribution in [2.45, 2.75) is 50.5 Å². The molecule has 7 heteroatoms. The Labute approximate surface area is 156 Å². The fraction of sp³-hybridized carbons (Fsp3) is 0.421. The van der Waals surface area contributed by atoms with E-state index in [1.807, 2.05) is 18.2 Å². The van der Waals surface area contributed by atoms with Gasteiger partial charge in [0.2, 0.25) is 5.91 Å². The summed E-state index contributed by atoms with van der Waals surface area (Å²) < 4.78 is 5.67. The number of halogens is 1. The minimum atomic E-state index is -1.13. The first-order chi connectivity index (χ1) is 12.5. The van der Waals surface area contributed by atoms with E-state index in [2.05, 4.69) is 10.3 Å². The normalized spacial score (nSPS) is 16.2.